The molecule has 142 valence electrons. The van der Waals surface area contributed by atoms with Crippen LogP contribution in [-0.4, -0.2) is 42.9 Å². The van der Waals surface area contributed by atoms with E-state index in [9.17, 15) is 9.59 Å². The number of hydrogen-bond donors (Lipinski definition) is 1. The molecule has 1 fully saturated rings. The van der Waals surface area contributed by atoms with Gasteiger partial charge in [0.15, 0.2) is 0 Å². The van der Waals surface area contributed by atoms with Gasteiger partial charge in [-0.2, -0.15) is 0 Å². The maximum absolute atomic E-state index is 12.6. The topological polar surface area (TPSA) is 52.7 Å². The van der Waals surface area contributed by atoms with E-state index in [-0.39, 0.29) is 11.8 Å². The lowest BCUT2D eigenvalue weighted by atomic mass is 10.1. The zero-order valence-electron chi connectivity index (χ0n) is 15.0. The second kappa shape index (κ2) is 8.63. The Kier molecular flexibility index (Phi) is 6.24. The van der Waals surface area contributed by atoms with Crippen LogP contribution in [0.15, 0.2) is 42.5 Å². The van der Waals surface area contributed by atoms with Crippen LogP contribution in [0.1, 0.15) is 23.7 Å². The molecule has 1 heterocycles. The van der Waals surface area contributed by atoms with Gasteiger partial charge in [-0.1, -0.05) is 42.3 Å². The van der Waals surface area contributed by atoms with Crippen molar-refractivity contribution in [3.05, 3.63) is 58.1 Å². The highest BCUT2D eigenvalue weighted by atomic mass is 35.5. The summed E-state index contributed by atoms with van der Waals surface area (Å²) >= 11 is 12.4. The monoisotopic (exact) mass is 405 g/mol. The van der Waals surface area contributed by atoms with Crippen molar-refractivity contribution >= 4 is 46.4 Å². The highest BCUT2D eigenvalue weighted by Gasteiger charge is 2.24. The maximum atomic E-state index is 12.6. The third-order valence-corrected chi connectivity index (χ3v) is 5.11. The molecular formula is C20H21Cl2N3O2. The zero-order chi connectivity index (χ0) is 19.4. The van der Waals surface area contributed by atoms with E-state index in [1.807, 2.05) is 17.9 Å². The fourth-order valence-corrected chi connectivity index (χ4v) is 3.65. The number of halogens is 2. The molecule has 0 unspecified atom stereocenters. The molecule has 1 aliphatic heterocycles. The van der Waals surface area contributed by atoms with E-state index in [0.717, 1.165) is 5.69 Å². The van der Waals surface area contributed by atoms with Gasteiger partial charge in [0, 0.05) is 43.2 Å². The number of nitrogens with zero attached hydrogens (tertiary/aromatic N) is 2. The average Bonchev–Trinajstić information content (AvgIpc) is 2.68. The number of rotatable bonds is 4. The molecule has 27 heavy (non-hydrogen) atoms. The van der Waals surface area contributed by atoms with Gasteiger partial charge in [-0.3, -0.25) is 9.59 Å². The highest BCUT2D eigenvalue weighted by Crippen LogP contribution is 2.35. The summed E-state index contributed by atoms with van der Waals surface area (Å²) in [4.78, 5) is 28.5. The highest BCUT2D eigenvalue weighted by molar-refractivity contribution is 6.34. The Morgan fingerprint density at radius 2 is 1.74 bits per heavy atom. The molecule has 0 radical (unpaired) electrons. The molecule has 1 aliphatic rings. The molecule has 1 N–H and O–H groups in total. The second-order valence-electron chi connectivity index (χ2n) is 6.32. The van der Waals surface area contributed by atoms with E-state index in [0.29, 0.717) is 53.9 Å². The molecule has 2 aromatic rings. The summed E-state index contributed by atoms with van der Waals surface area (Å²) in [5, 5.41) is 4.00. The first kappa shape index (κ1) is 19.5. The number of amides is 2. The summed E-state index contributed by atoms with van der Waals surface area (Å²) in [5.74, 6) is -0.0934. The zero-order valence-corrected chi connectivity index (χ0v) is 16.6. The second-order valence-corrected chi connectivity index (χ2v) is 7.17. The predicted octanol–water partition coefficient (Wildman–Crippen LogP) is 4.30. The predicted molar refractivity (Wildman–Crippen MR) is 110 cm³/mol. The summed E-state index contributed by atoms with van der Waals surface area (Å²) in [6.45, 7) is 4.47. The molecule has 1 saturated heterocycles. The van der Waals surface area contributed by atoms with Gasteiger partial charge in [0.25, 0.3) is 5.91 Å². The minimum Gasteiger partial charge on any atom is -0.365 e. The molecule has 0 bridgehead atoms. The Morgan fingerprint density at radius 1 is 1.04 bits per heavy atom. The van der Waals surface area contributed by atoms with E-state index >= 15 is 0 Å². The van der Waals surface area contributed by atoms with Gasteiger partial charge in [-0.05, 0) is 30.3 Å². The number of para-hydroxylation sites is 1. The van der Waals surface area contributed by atoms with Gasteiger partial charge in [0.05, 0.1) is 16.4 Å². The lowest BCUT2D eigenvalue weighted by Crippen LogP contribution is -2.48. The summed E-state index contributed by atoms with van der Waals surface area (Å²) < 4.78 is 0. The normalized spacial score (nSPS) is 14.2. The summed E-state index contributed by atoms with van der Waals surface area (Å²) in [6.07, 6.45) is 0.507. The van der Waals surface area contributed by atoms with Crippen LogP contribution >= 0.6 is 23.2 Å². The van der Waals surface area contributed by atoms with Crippen molar-refractivity contribution in [3.63, 3.8) is 0 Å². The molecule has 5 nitrogen and oxygen atoms in total. The Labute approximate surface area is 168 Å². The van der Waals surface area contributed by atoms with Crippen LogP contribution < -0.4 is 10.2 Å². The average molecular weight is 406 g/mol. The quantitative estimate of drug-likeness (QED) is 0.824. The largest absolute Gasteiger partial charge is 0.365 e. The summed E-state index contributed by atoms with van der Waals surface area (Å²) in [6, 6.07) is 12.2. The van der Waals surface area contributed by atoms with E-state index in [1.54, 1.807) is 36.4 Å². The van der Waals surface area contributed by atoms with Crippen molar-refractivity contribution < 1.29 is 9.59 Å². The number of hydrogen-bond acceptors (Lipinski definition) is 3. The maximum Gasteiger partial charge on any atom is 0.255 e. The van der Waals surface area contributed by atoms with E-state index < -0.39 is 0 Å². The Hall–Kier alpha value is -2.24. The van der Waals surface area contributed by atoms with Crippen LogP contribution in [0.5, 0.6) is 0 Å². The molecule has 0 aromatic heterocycles. The molecule has 0 spiro atoms. The van der Waals surface area contributed by atoms with Crippen molar-refractivity contribution in [3.8, 4) is 0 Å². The number of piperazine rings is 1. The molecule has 7 heteroatoms. The fraction of sp³-hybridized carbons (Fsp3) is 0.300. The van der Waals surface area contributed by atoms with Gasteiger partial charge in [0.1, 0.15) is 0 Å². The first-order valence-corrected chi connectivity index (χ1v) is 9.63. The Balaban J connectivity index is 1.79. The van der Waals surface area contributed by atoms with Gasteiger partial charge in [-0.15, -0.1) is 0 Å². The SMILES string of the molecule is CCC(=O)N1CCN(c2c(Cl)cccc2NC(=O)c2cccc(Cl)c2)CC1. The number of nitrogens with one attached hydrogen (secondary N) is 1. The van der Waals surface area contributed by atoms with Crippen LogP contribution in [-0.2, 0) is 4.79 Å². The number of benzene rings is 2. The third kappa shape index (κ3) is 4.54. The smallest absolute Gasteiger partial charge is 0.255 e. The summed E-state index contributed by atoms with van der Waals surface area (Å²) in [7, 11) is 0. The van der Waals surface area contributed by atoms with Crippen molar-refractivity contribution in [2.75, 3.05) is 36.4 Å². The van der Waals surface area contributed by atoms with Crippen molar-refractivity contribution in [1.82, 2.24) is 4.90 Å². The van der Waals surface area contributed by atoms with Crippen LogP contribution in [0.3, 0.4) is 0 Å². The summed E-state index contributed by atoms with van der Waals surface area (Å²) in [5.41, 5.74) is 1.90. The lowest BCUT2D eigenvalue weighted by molar-refractivity contribution is -0.131. The number of anilines is 2. The molecule has 2 amide bonds. The van der Waals surface area contributed by atoms with Crippen molar-refractivity contribution in [1.29, 1.82) is 0 Å². The molecule has 3 rings (SSSR count). The van der Waals surface area contributed by atoms with Crippen LogP contribution in [0.25, 0.3) is 0 Å². The minimum absolute atomic E-state index is 0.156. The van der Waals surface area contributed by atoms with Gasteiger partial charge in [0.2, 0.25) is 5.91 Å². The standard InChI is InChI=1S/C20H21Cl2N3O2/c1-2-18(26)24-9-11-25(12-10-24)19-16(22)7-4-8-17(19)23-20(27)14-5-3-6-15(21)13-14/h3-8,13H,2,9-12H2,1H3,(H,23,27). The number of carbonyl (C=O) groups excluding carboxylic acids is 2. The van der Waals surface area contributed by atoms with Crippen molar-refractivity contribution in [2.45, 2.75) is 13.3 Å². The van der Waals surface area contributed by atoms with E-state index in [1.165, 1.54) is 0 Å². The van der Waals surface area contributed by atoms with Crippen LogP contribution in [0.2, 0.25) is 10.0 Å². The third-order valence-electron chi connectivity index (χ3n) is 4.57. The lowest BCUT2D eigenvalue weighted by Gasteiger charge is -2.37. The number of carbonyl (C=O) groups is 2. The van der Waals surface area contributed by atoms with E-state index in [2.05, 4.69) is 10.2 Å². The molecular weight excluding hydrogens is 385 g/mol. The first-order chi connectivity index (χ1) is 13.0. The molecule has 0 atom stereocenters. The molecule has 2 aromatic carbocycles. The minimum atomic E-state index is -0.249. The molecule has 0 saturated carbocycles. The van der Waals surface area contributed by atoms with Gasteiger partial charge >= 0.3 is 0 Å². The first-order valence-electron chi connectivity index (χ1n) is 8.87. The van der Waals surface area contributed by atoms with Gasteiger partial charge < -0.3 is 15.1 Å². The Morgan fingerprint density at radius 3 is 2.41 bits per heavy atom. The van der Waals surface area contributed by atoms with Gasteiger partial charge in [-0.25, -0.2) is 0 Å². The van der Waals surface area contributed by atoms with E-state index in [4.69, 9.17) is 23.2 Å². The van der Waals surface area contributed by atoms with Crippen LogP contribution in [0.4, 0.5) is 11.4 Å². The fourth-order valence-electron chi connectivity index (χ4n) is 3.16. The Bertz CT molecular complexity index is 849. The van der Waals surface area contributed by atoms with Crippen LogP contribution in [0, 0.1) is 0 Å². The molecule has 0 aliphatic carbocycles. The van der Waals surface area contributed by atoms with Crippen molar-refractivity contribution in [2.24, 2.45) is 0 Å².